The van der Waals surface area contributed by atoms with Crippen LogP contribution in [0.2, 0.25) is 0 Å². The number of benzene rings is 3. The van der Waals surface area contributed by atoms with Crippen LogP contribution < -0.4 is 9.75 Å². The normalized spacial score (nSPS) is 19.3. The largest absolute Gasteiger partial charge is 0.423 e. The van der Waals surface area contributed by atoms with Crippen molar-refractivity contribution < 1.29 is 9.53 Å². The summed E-state index contributed by atoms with van der Waals surface area (Å²) >= 11 is 1.68. The van der Waals surface area contributed by atoms with E-state index in [0.717, 1.165) is 44.1 Å². The summed E-state index contributed by atoms with van der Waals surface area (Å²) in [6, 6.07) is 19.1. The van der Waals surface area contributed by atoms with E-state index in [1.54, 1.807) is 11.3 Å². The van der Waals surface area contributed by atoms with Gasteiger partial charge >= 0.3 is 5.97 Å². The molecule has 236 valence electrons. The molecule has 3 aromatic carbocycles. The van der Waals surface area contributed by atoms with E-state index < -0.39 is 5.97 Å². The first-order valence-corrected chi connectivity index (χ1v) is 18.0. The second kappa shape index (κ2) is 15.2. The molecule has 45 heavy (non-hydrogen) atoms. The number of anilines is 1. The average molecular weight is 622 g/mol. The number of carbonyl (C=O) groups is 1. The highest BCUT2D eigenvalue weighted by molar-refractivity contribution is 7.22. The van der Waals surface area contributed by atoms with E-state index in [0.29, 0.717) is 17.6 Å². The van der Waals surface area contributed by atoms with Gasteiger partial charge in [0.05, 0.1) is 16.4 Å². The lowest BCUT2D eigenvalue weighted by Crippen LogP contribution is -2.26. The summed E-state index contributed by atoms with van der Waals surface area (Å²) in [5.41, 5.74) is 3.22. The summed E-state index contributed by atoms with van der Waals surface area (Å²) in [5.74, 6) is 2.11. The second-order valence-corrected chi connectivity index (χ2v) is 14.1. The third kappa shape index (κ3) is 7.84. The molecule has 4 aromatic rings. The van der Waals surface area contributed by atoms with Crippen LogP contribution in [0.3, 0.4) is 0 Å². The van der Waals surface area contributed by atoms with Crippen molar-refractivity contribution in [3.05, 3.63) is 78.4 Å². The zero-order valence-corrected chi connectivity index (χ0v) is 27.6. The lowest BCUT2D eigenvalue weighted by molar-refractivity contribution is -0.128. The molecule has 6 heteroatoms. The van der Waals surface area contributed by atoms with Crippen molar-refractivity contribution in [2.24, 2.45) is 16.9 Å². The number of esters is 1. The minimum atomic E-state index is -0.471. The number of hydrogen-bond donors (Lipinski definition) is 0. The summed E-state index contributed by atoms with van der Waals surface area (Å²) in [6.07, 6.45) is 20.0. The molecule has 2 aliphatic rings. The first-order chi connectivity index (χ1) is 22.1. The number of nitrogens with zero attached hydrogens (tertiary/aromatic N) is 3. The van der Waals surface area contributed by atoms with Gasteiger partial charge in [-0.25, -0.2) is 14.8 Å². The van der Waals surface area contributed by atoms with Crippen molar-refractivity contribution in [1.29, 1.82) is 0 Å². The second-order valence-electron chi connectivity index (χ2n) is 13.1. The number of fused-ring (bicyclic) bond motifs is 2. The zero-order valence-electron chi connectivity index (χ0n) is 26.8. The van der Waals surface area contributed by atoms with Crippen LogP contribution in [-0.4, -0.2) is 23.7 Å². The molecule has 2 saturated carbocycles. The number of unbranched alkanes of at least 4 members (excludes halogenated alkanes) is 2. The highest BCUT2D eigenvalue weighted by atomic mass is 32.1. The van der Waals surface area contributed by atoms with E-state index in [1.807, 2.05) is 18.3 Å². The molecule has 5 nitrogen and oxygen atoms in total. The number of ether oxygens (including phenoxy) is 1. The van der Waals surface area contributed by atoms with Gasteiger partial charge in [0.1, 0.15) is 5.75 Å². The minimum Gasteiger partial charge on any atom is -0.423 e. The third-order valence-corrected chi connectivity index (χ3v) is 11.0. The number of rotatable bonds is 12. The van der Waals surface area contributed by atoms with Gasteiger partial charge in [-0.2, -0.15) is 5.10 Å². The Bertz CT molecular complexity index is 1600. The minimum absolute atomic E-state index is 0.471. The molecule has 0 unspecified atom stereocenters. The van der Waals surface area contributed by atoms with Crippen molar-refractivity contribution >= 4 is 49.6 Å². The van der Waals surface area contributed by atoms with E-state index in [4.69, 9.17) is 14.8 Å². The molecule has 0 aliphatic heterocycles. The van der Waals surface area contributed by atoms with Crippen LogP contribution in [0.4, 0.5) is 5.13 Å². The smallest absolute Gasteiger partial charge is 0.335 e. The van der Waals surface area contributed by atoms with Gasteiger partial charge in [0.25, 0.3) is 0 Å². The molecule has 0 amide bonds. The Kier molecular flexibility index (Phi) is 10.6. The van der Waals surface area contributed by atoms with Crippen LogP contribution in [-0.2, 0) is 4.79 Å². The number of thiazole rings is 1. The van der Waals surface area contributed by atoms with Crippen molar-refractivity contribution in [3.63, 3.8) is 0 Å². The Morgan fingerprint density at radius 3 is 2.60 bits per heavy atom. The molecular weight excluding hydrogens is 575 g/mol. The summed E-state index contributed by atoms with van der Waals surface area (Å²) in [5, 5.41) is 10.2. The summed E-state index contributed by atoms with van der Waals surface area (Å²) in [4.78, 5) is 17.3. The highest BCUT2D eigenvalue weighted by Crippen LogP contribution is 2.40. The fraction of sp³-hybridized carbons (Fsp3) is 0.462. The van der Waals surface area contributed by atoms with Gasteiger partial charge in [0.2, 0.25) is 5.13 Å². The molecule has 1 aromatic heterocycles. The van der Waals surface area contributed by atoms with E-state index in [1.165, 1.54) is 95.1 Å². The third-order valence-electron chi connectivity index (χ3n) is 9.94. The molecular formula is C39H47N3O2S. The fourth-order valence-electron chi connectivity index (χ4n) is 7.33. The molecule has 0 bridgehead atoms. The quantitative estimate of drug-likeness (QED) is 0.0394. The molecule has 0 saturated heterocycles. The van der Waals surface area contributed by atoms with Crippen molar-refractivity contribution in [2.45, 2.75) is 96.3 Å². The zero-order chi connectivity index (χ0) is 31.0. The van der Waals surface area contributed by atoms with Crippen molar-refractivity contribution in [3.8, 4) is 5.75 Å². The lowest BCUT2D eigenvalue weighted by Gasteiger charge is -2.29. The number of para-hydroxylation sites is 1. The van der Waals surface area contributed by atoms with Gasteiger partial charge in [-0.05, 0) is 90.8 Å². The van der Waals surface area contributed by atoms with E-state index >= 15 is 0 Å². The van der Waals surface area contributed by atoms with Crippen molar-refractivity contribution in [1.82, 2.24) is 4.98 Å². The SMILES string of the molecule is C=CC(=O)Oc1ccc2cc(C3CCC(CCCCC)CC3)ccc2c1/C=N/N(CC1CCCCC1)c1nc2ccccc2s1. The first kappa shape index (κ1) is 31.5. The first-order valence-electron chi connectivity index (χ1n) is 17.2. The van der Waals surface area contributed by atoms with Crippen LogP contribution in [0.1, 0.15) is 107 Å². The Labute approximate surface area is 272 Å². The predicted molar refractivity (Wildman–Crippen MR) is 190 cm³/mol. The Hall–Kier alpha value is -3.51. The van der Waals surface area contributed by atoms with E-state index in [2.05, 4.69) is 61.0 Å². The topological polar surface area (TPSA) is 54.8 Å². The van der Waals surface area contributed by atoms with Crippen LogP contribution in [0.5, 0.6) is 5.75 Å². The molecule has 0 spiro atoms. The lowest BCUT2D eigenvalue weighted by atomic mass is 9.76. The molecule has 2 fully saturated rings. The van der Waals surface area contributed by atoms with Gasteiger partial charge < -0.3 is 4.74 Å². The maximum atomic E-state index is 12.4. The van der Waals surface area contributed by atoms with Gasteiger partial charge in [0.15, 0.2) is 0 Å². The Morgan fingerprint density at radius 1 is 1.00 bits per heavy atom. The number of hydrazone groups is 1. The number of carbonyl (C=O) groups excluding carboxylic acids is 1. The summed E-state index contributed by atoms with van der Waals surface area (Å²) < 4.78 is 6.91. The standard InChI is InChI=1S/C39H47N3O2S/c1-3-5-7-12-28-17-19-30(20-18-28)31-21-23-33-32(25-31)22-24-36(44-38(43)4-2)34(33)26-40-42(27-29-13-8-6-9-14-29)39-41-35-15-10-11-16-37(35)45-39/h4,10-11,15-16,21-26,28-30H,2-3,5-9,12-14,17-20,27H2,1H3/b40-26+. The maximum Gasteiger partial charge on any atom is 0.335 e. The van der Waals surface area contributed by atoms with Gasteiger partial charge in [0, 0.05) is 18.2 Å². The molecule has 0 radical (unpaired) electrons. The molecule has 0 atom stereocenters. The maximum absolute atomic E-state index is 12.4. The monoisotopic (exact) mass is 621 g/mol. The fourth-order valence-corrected chi connectivity index (χ4v) is 8.27. The van der Waals surface area contributed by atoms with Gasteiger partial charge in [-0.1, -0.05) is 106 Å². The van der Waals surface area contributed by atoms with E-state index in [-0.39, 0.29) is 0 Å². The highest BCUT2D eigenvalue weighted by Gasteiger charge is 2.23. The van der Waals surface area contributed by atoms with Gasteiger partial charge in [-0.15, -0.1) is 0 Å². The summed E-state index contributed by atoms with van der Waals surface area (Å²) in [6.45, 7) is 6.73. The molecule has 1 heterocycles. The molecule has 2 aliphatic carbocycles. The average Bonchev–Trinajstić information content (AvgIpc) is 3.52. The van der Waals surface area contributed by atoms with Crippen LogP contribution in [0.25, 0.3) is 21.0 Å². The summed E-state index contributed by atoms with van der Waals surface area (Å²) in [7, 11) is 0. The Morgan fingerprint density at radius 2 is 1.82 bits per heavy atom. The van der Waals surface area contributed by atoms with Crippen molar-refractivity contribution in [2.75, 3.05) is 11.6 Å². The van der Waals surface area contributed by atoms with Gasteiger partial charge in [-0.3, -0.25) is 0 Å². The predicted octanol–water partition coefficient (Wildman–Crippen LogP) is 10.8. The van der Waals surface area contributed by atoms with Crippen LogP contribution >= 0.6 is 11.3 Å². The van der Waals surface area contributed by atoms with Crippen LogP contribution in [0.15, 0.2) is 72.4 Å². The molecule has 0 N–H and O–H groups in total. The number of aromatic nitrogens is 1. The number of hydrogen-bond acceptors (Lipinski definition) is 6. The van der Waals surface area contributed by atoms with E-state index in [9.17, 15) is 4.79 Å². The molecule has 6 rings (SSSR count). The Balaban J connectivity index is 1.30. The van der Waals surface area contributed by atoms with Crippen LogP contribution in [0, 0.1) is 11.8 Å².